The molecule has 2 N–H and O–H groups in total. The molecule has 0 fully saturated rings. The van der Waals surface area contributed by atoms with Crippen LogP contribution in [0.1, 0.15) is 12.0 Å². The fourth-order valence-electron chi connectivity index (χ4n) is 1.96. The molecule has 0 spiro atoms. The van der Waals surface area contributed by atoms with Gasteiger partial charge in [-0.2, -0.15) is 13.2 Å². The topological polar surface area (TPSA) is 67.4 Å². The zero-order chi connectivity index (χ0) is 16.3. The van der Waals surface area contributed by atoms with E-state index in [0.29, 0.717) is 29.5 Å². The quantitative estimate of drug-likeness (QED) is 0.829. The van der Waals surface area contributed by atoms with Crippen molar-refractivity contribution in [1.29, 1.82) is 0 Å². The fraction of sp³-hybridized carbons (Fsp3) is 0.385. The summed E-state index contributed by atoms with van der Waals surface area (Å²) in [5, 5.41) is 4.43. The molecule has 1 aromatic rings. The Kier molecular flexibility index (Phi) is 4.80. The standard InChI is InChI=1S/C13H12ClF3N2O3/c14-8-3-7-1-2-22-12(7)9(4-8)19-11(21)5-10(20)18-6-13(15,16)17/h3-4H,1-2,5-6H2,(H,18,20)(H,19,21). The molecule has 0 unspecified atom stereocenters. The Morgan fingerprint density at radius 3 is 2.68 bits per heavy atom. The number of fused-ring (bicyclic) bond motifs is 1. The molecule has 1 aromatic carbocycles. The number of carbonyl (C=O) groups is 2. The number of alkyl halides is 3. The van der Waals surface area contributed by atoms with Gasteiger partial charge in [0.05, 0.1) is 12.3 Å². The third-order valence-electron chi connectivity index (χ3n) is 2.83. The Labute approximate surface area is 128 Å². The first-order valence-electron chi connectivity index (χ1n) is 6.33. The average molecular weight is 337 g/mol. The second kappa shape index (κ2) is 6.43. The van der Waals surface area contributed by atoms with E-state index in [1.54, 1.807) is 11.4 Å². The number of ether oxygens (including phenoxy) is 1. The third kappa shape index (κ3) is 4.52. The molecule has 2 rings (SSSR count). The maximum atomic E-state index is 11.9. The lowest BCUT2D eigenvalue weighted by Gasteiger charge is -2.11. The molecule has 2 amide bonds. The van der Waals surface area contributed by atoms with Crippen molar-refractivity contribution in [3.8, 4) is 5.75 Å². The smallest absolute Gasteiger partial charge is 0.405 e. The number of amides is 2. The van der Waals surface area contributed by atoms with Gasteiger partial charge in [0.1, 0.15) is 18.7 Å². The van der Waals surface area contributed by atoms with Crippen LogP contribution < -0.4 is 15.4 Å². The van der Waals surface area contributed by atoms with Gasteiger partial charge in [-0.3, -0.25) is 9.59 Å². The second-order valence-corrected chi connectivity index (χ2v) is 5.09. The summed E-state index contributed by atoms with van der Waals surface area (Å²) in [5.41, 5.74) is 1.12. The predicted octanol–water partition coefficient (Wildman–Crippen LogP) is 2.28. The van der Waals surface area contributed by atoms with Crippen LogP contribution in [0.25, 0.3) is 0 Å². The van der Waals surface area contributed by atoms with Crippen LogP contribution in [0.4, 0.5) is 18.9 Å². The number of nitrogens with one attached hydrogen (secondary N) is 2. The van der Waals surface area contributed by atoms with E-state index in [0.717, 1.165) is 5.56 Å². The van der Waals surface area contributed by atoms with Crippen molar-refractivity contribution >= 4 is 29.1 Å². The number of anilines is 1. The fourth-order valence-corrected chi connectivity index (χ4v) is 2.20. The largest absolute Gasteiger partial charge is 0.491 e. The van der Waals surface area contributed by atoms with E-state index in [-0.39, 0.29) is 0 Å². The molecule has 0 atom stereocenters. The number of hydrogen-bond acceptors (Lipinski definition) is 3. The normalized spacial score (nSPS) is 13.3. The van der Waals surface area contributed by atoms with E-state index in [1.165, 1.54) is 6.07 Å². The molecular weight excluding hydrogens is 325 g/mol. The lowest BCUT2D eigenvalue weighted by atomic mass is 10.1. The van der Waals surface area contributed by atoms with Crippen LogP contribution in [0.3, 0.4) is 0 Å². The number of rotatable bonds is 4. The highest BCUT2D eigenvalue weighted by Crippen LogP contribution is 2.36. The molecular formula is C13H12ClF3N2O3. The molecule has 1 aliphatic heterocycles. The highest BCUT2D eigenvalue weighted by Gasteiger charge is 2.28. The maximum absolute atomic E-state index is 11.9. The zero-order valence-corrected chi connectivity index (χ0v) is 12.0. The third-order valence-corrected chi connectivity index (χ3v) is 3.05. The number of benzene rings is 1. The molecule has 120 valence electrons. The summed E-state index contributed by atoms with van der Waals surface area (Å²) < 4.78 is 41.2. The van der Waals surface area contributed by atoms with E-state index in [2.05, 4.69) is 5.32 Å². The van der Waals surface area contributed by atoms with Crippen LogP contribution in [0.15, 0.2) is 12.1 Å². The van der Waals surface area contributed by atoms with E-state index < -0.39 is 31.0 Å². The average Bonchev–Trinajstić information content (AvgIpc) is 2.83. The number of halogens is 4. The van der Waals surface area contributed by atoms with Crippen molar-refractivity contribution in [3.05, 3.63) is 22.7 Å². The monoisotopic (exact) mass is 336 g/mol. The minimum atomic E-state index is -4.52. The molecule has 1 aliphatic rings. The Morgan fingerprint density at radius 1 is 1.27 bits per heavy atom. The van der Waals surface area contributed by atoms with E-state index in [1.807, 2.05) is 0 Å². The van der Waals surface area contributed by atoms with Crippen LogP contribution >= 0.6 is 11.6 Å². The van der Waals surface area contributed by atoms with Gasteiger partial charge in [-0.05, 0) is 12.1 Å². The van der Waals surface area contributed by atoms with Crippen molar-refractivity contribution < 1.29 is 27.5 Å². The molecule has 5 nitrogen and oxygen atoms in total. The first kappa shape index (κ1) is 16.4. The van der Waals surface area contributed by atoms with E-state index in [9.17, 15) is 22.8 Å². The van der Waals surface area contributed by atoms with Gasteiger partial charge >= 0.3 is 6.18 Å². The Hall–Kier alpha value is -1.96. The molecule has 0 saturated carbocycles. The van der Waals surface area contributed by atoms with Gasteiger partial charge in [-0.15, -0.1) is 0 Å². The number of hydrogen-bond donors (Lipinski definition) is 2. The lowest BCUT2D eigenvalue weighted by Crippen LogP contribution is -2.35. The number of carbonyl (C=O) groups excluding carboxylic acids is 2. The summed E-state index contributed by atoms with van der Waals surface area (Å²) in [6.45, 7) is -1.03. The Bertz CT molecular complexity index is 605. The summed E-state index contributed by atoms with van der Waals surface area (Å²) in [4.78, 5) is 23.0. The predicted molar refractivity (Wildman–Crippen MR) is 73.0 cm³/mol. The van der Waals surface area contributed by atoms with Crippen LogP contribution in [-0.2, 0) is 16.0 Å². The highest BCUT2D eigenvalue weighted by molar-refractivity contribution is 6.31. The maximum Gasteiger partial charge on any atom is 0.405 e. The van der Waals surface area contributed by atoms with Crippen LogP contribution in [0.2, 0.25) is 5.02 Å². The van der Waals surface area contributed by atoms with Crippen molar-refractivity contribution in [3.63, 3.8) is 0 Å². The van der Waals surface area contributed by atoms with Crippen LogP contribution in [0, 0.1) is 0 Å². The summed E-state index contributed by atoms with van der Waals surface area (Å²) in [7, 11) is 0. The van der Waals surface area contributed by atoms with Gasteiger partial charge < -0.3 is 15.4 Å². The van der Waals surface area contributed by atoms with Gasteiger partial charge in [-0.1, -0.05) is 11.6 Å². The zero-order valence-electron chi connectivity index (χ0n) is 11.2. The minimum absolute atomic E-state index is 0.300. The van der Waals surface area contributed by atoms with Gasteiger partial charge in [0.2, 0.25) is 11.8 Å². The second-order valence-electron chi connectivity index (χ2n) is 4.66. The van der Waals surface area contributed by atoms with Crippen molar-refractivity contribution in [2.75, 3.05) is 18.5 Å². The molecule has 0 radical (unpaired) electrons. The van der Waals surface area contributed by atoms with Crippen LogP contribution in [0.5, 0.6) is 5.75 Å². The molecule has 1 heterocycles. The van der Waals surface area contributed by atoms with E-state index in [4.69, 9.17) is 16.3 Å². The highest BCUT2D eigenvalue weighted by atomic mass is 35.5. The summed E-state index contributed by atoms with van der Waals surface area (Å²) in [5.74, 6) is -1.30. The SMILES string of the molecule is O=C(CC(=O)Nc1cc(Cl)cc2c1OCC2)NCC(F)(F)F. The van der Waals surface area contributed by atoms with Gasteiger partial charge in [-0.25, -0.2) is 0 Å². The van der Waals surface area contributed by atoms with Gasteiger partial charge in [0.15, 0.2) is 0 Å². The van der Waals surface area contributed by atoms with Gasteiger partial charge in [0.25, 0.3) is 0 Å². The summed E-state index contributed by atoms with van der Waals surface area (Å²) in [6.07, 6.45) is -4.60. The minimum Gasteiger partial charge on any atom is -0.491 e. The first-order valence-corrected chi connectivity index (χ1v) is 6.71. The first-order chi connectivity index (χ1) is 10.2. The molecule has 0 bridgehead atoms. The van der Waals surface area contributed by atoms with Crippen molar-refractivity contribution in [2.45, 2.75) is 19.0 Å². The Morgan fingerprint density at radius 2 is 2.00 bits per heavy atom. The molecule has 0 saturated heterocycles. The lowest BCUT2D eigenvalue weighted by molar-refractivity contribution is -0.140. The molecule has 0 aromatic heterocycles. The molecule has 22 heavy (non-hydrogen) atoms. The molecule has 9 heteroatoms. The van der Waals surface area contributed by atoms with Crippen molar-refractivity contribution in [2.24, 2.45) is 0 Å². The van der Waals surface area contributed by atoms with Crippen molar-refractivity contribution in [1.82, 2.24) is 5.32 Å². The van der Waals surface area contributed by atoms with E-state index >= 15 is 0 Å². The molecule has 0 aliphatic carbocycles. The van der Waals surface area contributed by atoms with Crippen LogP contribution in [-0.4, -0.2) is 31.1 Å². The Balaban J connectivity index is 1.94. The summed E-state index contributed by atoms with van der Waals surface area (Å²) in [6, 6.07) is 3.16. The van der Waals surface area contributed by atoms with Gasteiger partial charge in [0, 0.05) is 17.0 Å². The summed E-state index contributed by atoms with van der Waals surface area (Å²) >= 11 is 5.91.